The molecule has 3 heterocycles. The van der Waals surface area contributed by atoms with Crippen molar-refractivity contribution in [1.82, 2.24) is 19.7 Å². The maximum atomic E-state index is 11.5. The molecule has 0 aliphatic carbocycles. The van der Waals surface area contributed by atoms with Gasteiger partial charge >= 0.3 is 0 Å². The Labute approximate surface area is 117 Å². The third kappa shape index (κ3) is 1.85. The van der Waals surface area contributed by atoms with E-state index in [1.54, 1.807) is 4.68 Å². The van der Waals surface area contributed by atoms with Gasteiger partial charge in [-0.05, 0) is 29.0 Å². The second-order valence-electron chi connectivity index (χ2n) is 4.25. The van der Waals surface area contributed by atoms with Crippen LogP contribution < -0.4 is 5.73 Å². The van der Waals surface area contributed by atoms with E-state index < -0.39 is 9.84 Å². The van der Waals surface area contributed by atoms with E-state index in [0.29, 0.717) is 27.0 Å². The third-order valence-electron chi connectivity index (χ3n) is 3.03. The van der Waals surface area contributed by atoms with E-state index in [4.69, 9.17) is 5.73 Å². The normalized spacial score (nSPS) is 22.6. The zero-order valence-corrected chi connectivity index (χ0v) is 12.2. The van der Waals surface area contributed by atoms with Crippen LogP contribution in [0, 0.1) is 3.70 Å². The molecule has 0 aromatic carbocycles. The molecule has 1 aliphatic rings. The van der Waals surface area contributed by atoms with Crippen molar-refractivity contribution in [1.29, 1.82) is 0 Å². The highest BCUT2D eigenvalue weighted by atomic mass is 127. The maximum absolute atomic E-state index is 11.5. The number of hydrogen-bond acceptors (Lipinski definition) is 6. The first-order valence-corrected chi connectivity index (χ1v) is 8.22. The van der Waals surface area contributed by atoms with Gasteiger partial charge in [0.05, 0.1) is 22.9 Å². The van der Waals surface area contributed by atoms with Crippen molar-refractivity contribution in [3.63, 3.8) is 0 Å². The molecule has 1 fully saturated rings. The molecule has 9 heteroatoms. The minimum absolute atomic E-state index is 0.115. The lowest BCUT2D eigenvalue weighted by molar-refractivity contribution is 0.509. The molecular weight excluding hydrogens is 369 g/mol. The third-order valence-corrected chi connectivity index (χ3v) is 5.54. The van der Waals surface area contributed by atoms with Gasteiger partial charge in [0.2, 0.25) is 0 Å². The van der Waals surface area contributed by atoms with Crippen LogP contribution in [0.4, 0.5) is 5.82 Å². The van der Waals surface area contributed by atoms with Gasteiger partial charge in [0, 0.05) is 0 Å². The second kappa shape index (κ2) is 4.02. The van der Waals surface area contributed by atoms with Crippen LogP contribution in [0.15, 0.2) is 6.33 Å². The minimum atomic E-state index is -2.95. The molecule has 0 spiro atoms. The summed E-state index contributed by atoms with van der Waals surface area (Å²) in [4.78, 5) is 8.09. The van der Waals surface area contributed by atoms with Crippen LogP contribution in [0.2, 0.25) is 0 Å². The molecule has 1 unspecified atom stereocenters. The predicted octanol–water partition coefficient (Wildman–Crippen LogP) is 0.373. The first-order valence-electron chi connectivity index (χ1n) is 5.32. The summed E-state index contributed by atoms with van der Waals surface area (Å²) < 4.78 is 25.4. The van der Waals surface area contributed by atoms with Gasteiger partial charge < -0.3 is 5.73 Å². The molecule has 2 N–H and O–H groups in total. The van der Waals surface area contributed by atoms with E-state index in [9.17, 15) is 8.42 Å². The highest BCUT2D eigenvalue weighted by molar-refractivity contribution is 14.1. The molecule has 1 saturated heterocycles. The van der Waals surface area contributed by atoms with Gasteiger partial charge in [-0.1, -0.05) is 0 Å². The average molecular weight is 379 g/mol. The number of aromatic nitrogens is 4. The van der Waals surface area contributed by atoms with Gasteiger partial charge in [0.1, 0.15) is 15.8 Å². The van der Waals surface area contributed by atoms with Crippen molar-refractivity contribution in [2.45, 2.75) is 12.5 Å². The molecule has 0 saturated carbocycles. The summed E-state index contributed by atoms with van der Waals surface area (Å²) in [5.74, 6) is 0.691. The van der Waals surface area contributed by atoms with E-state index >= 15 is 0 Å². The Kier molecular flexibility index (Phi) is 2.70. The SMILES string of the molecule is Nc1ncnc2c1c(I)nn2C1CCS(=O)(=O)C1. The number of anilines is 1. The summed E-state index contributed by atoms with van der Waals surface area (Å²) >= 11 is 2.06. The van der Waals surface area contributed by atoms with Crippen molar-refractivity contribution in [3.8, 4) is 0 Å². The molecule has 2 aromatic rings. The Bertz CT molecular complexity index is 726. The fraction of sp³-hybridized carbons (Fsp3) is 0.444. The van der Waals surface area contributed by atoms with Gasteiger partial charge in [0.15, 0.2) is 15.5 Å². The Morgan fingerprint density at radius 3 is 2.89 bits per heavy atom. The number of hydrogen-bond donors (Lipinski definition) is 1. The van der Waals surface area contributed by atoms with Gasteiger partial charge in [-0.2, -0.15) is 5.10 Å². The lowest BCUT2D eigenvalue weighted by Crippen LogP contribution is -2.13. The summed E-state index contributed by atoms with van der Waals surface area (Å²) in [7, 11) is -2.95. The Morgan fingerprint density at radius 2 is 2.22 bits per heavy atom. The smallest absolute Gasteiger partial charge is 0.164 e. The van der Waals surface area contributed by atoms with Gasteiger partial charge in [0.25, 0.3) is 0 Å². The monoisotopic (exact) mass is 379 g/mol. The van der Waals surface area contributed by atoms with Crippen LogP contribution in [-0.2, 0) is 9.84 Å². The molecule has 96 valence electrons. The van der Waals surface area contributed by atoms with E-state index in [0.717, 1.165) is 0 Å². The van der Waals surface area contributed by atoms with Crippen molar-refractivity contribution < 1.29 is 8.42 Å². The summed E-state index contributed by atoms with van der Waals surface area (Å²) in [5, 5.41) is 5.05. The molecule has 18 heavy (non-hydrogen) atoms. The van der Waals surface area contributed by atoms with Crippen LogP contribution in [0.5, 0.6) is 0 Å². The lowest BCUT2D eigenvalue weighted by Gasteiger charge is -2.08. The summed E-state index contributed by atoms with van der Waals surface area (Å²) in [6, 6.07) is -0.157. The fourth-order valence-electron chi connectivity index (χ4n) is 2.18. The largest absolute Gasteiger partial charge is 0.383 e. The standard InChI is InChI=1S/C9H10IN5O2S/c10-7-6-8(11)12-4-13-9(6)15(14-7)5-1-2-18(16,17)3-5/h4-5H,1-3H2,(H2,11,12,13). The predicted molar refractivity (Wildman–Crippen MR) is 74.8 cm³/mol. The summed E-state index contributed by atoms with van der Waals surface area (Å²) in [6.07, 6.45) is 1.94. The molecule has 0 amide bonds. The highest BCUT2D eigenvalue weighted by Gasteiger charge is 2.31. The summed E-state index contributed by atoms with van der Waals surface area (Å²) in [6.45, 7) is 0. The maximum Gasteiger partial charge on any atom is 0.164 e. The molecule has 2 aromatic heterocycles. The zero-order valence-electron chi connectivity index (χ0n) is 9.24. The van der Waals surface area contributed by atoms with Crippen LogP contribution in [0.3, 0.4) is 0 Å². The number of nitrogen functional groups attached to an aromatic ring is 1. The quantitative estimate of drug-likeness (QED) is 0.719. The van der Waals surface area contributed by atoms with Gasteiger partial charge in [-0.15, -0.1) is 0 Å². The van der Waals surface area contributed by atoms with Gasteiger partial charge in [-0.3, -0.25) is 0 Å². The Balaban J connectivity index is 2.17. The molecule has 7 nitrogen and oxygen atoms in total. The minimum Gasteiger partial charge on any atom is -0.383 e. The number of rotatable bonds is 1. The van der Waals surface area contributed by atoms with Crippen LogP contribution in [0.1, 0.15) is 12.5 Å². The highest BCUT2D eigenvalue weighted by Crippen LogP contribution is 2.29. The first kappa shape index (κ1) is 12.1. The topological polar surface area (TPSA) is 104 Å². The number of halogens is 1. The fourth-order valence-corrected chi connectivity index (χ4v) is 4.62. The van der Waals surface area contributed by atoms with Crippen LogP contribution >= 0.6 is 22.6 Å². The molecule has 3 rings (SSSR count). The number of nitrogens with two attached hydrogens (primary N) is 1. The molecule has 0 bridgehead atoms. The number of fused-ring (bicyclic) bond motifs is 1. The molecule has 1 atom stereocenters. The first-order chi connectivity index (χ1) is 8.48. The van der Waals surface area contributed by atoms with Crippen molar-refractivity contribution in [3.05, 3.63) is 10.0 Å². The van der Waals surface area contributed by atoms with E-state index in [2.05, 4.69) is 37.7 Å². The van der Waals surface area contributed by atoms with Gasteiger partial charge in [-0.25, -0.2) is 23.1 Å². The van der Waals surface area contributed by atoms with E-state index in [1.165, 1.54) is 6.33 Å². The Morgan fingerprint density at radius 1 is 1.44 bits per heavy atom. The van der Waals surface area contributed by atoms with Crippen LogP contribution in [0.25, 0.3) is 11.0 Å². The van der Waals surface area contributed by atoms with Crippen molar-refractivity contribution in [2.24, 2.45) is 0 Å². The summed E-state index contributed by atoms with van der Waals surface area (Å²) in [5.41, 5.74) is 6.40. The Hall–Kier alpha value is -0.970. The zero-order chi connectivity index (χ0) is 12.9. The van der Waals surface area contributed by atoms with Crippen LogP contribution in [-0.4, -0.2) is 39.7 Å². The molecular formula is C9H10IN5O2S. The van der Waals surface area contributed by atoms with Crippen molar-refractivity contribution >= 4 is 49.3 Å². The van der Waals surface area contributed by atoms with E-state index in [-0.39, 0.29) is 17.5 Å². The van der Waals surface area contributed by atoms with Crippen molar-refractivity contribution in [2.75, 3.05) is 17.2 Å². The molecule has 0 radical (unpaired) electrons. The van der Waals surface area contributed by atoms with E-state index in [1.807, 2.05) is 0 Å². The number of sulfone groups is 1. The number of nitrogens with zero attached hydrogens (tertiary/aromatic N) is 4. The average Bonchev–Trinajstić information content (AvgIpc) is 2.81. The molecule has 1 aliphatic heterocycles. The lowest BCUT2D eigenvalue weighted by atomic mass is 10.3. The second-order valence-corrected chi connectivity index (χ2v) is 7.50.